The van der Waals surface area contributed by atoms with Crippen molar-refractivity contribution in [1.29, 1.82) is 0 Å². The number of rotatable bonds is 1. The molecule has 1 unspecified atom stereocenters. The van der Waals surface area contributed by atoms with E-state index in [1.165, 1.54) is 0 Å². The molecule has 2 N–H and O–H groups in total. The molecule has 0 aliphatic carbocycles. The topological polar surface area (TPSA) is 50.4 Å². The molecule has 1 saturated heterocycles. The quantitative estimate of drug-likeness (QED) is 0.772. The fourth-order valence-corrected chi connectivity index (χ4v) is 2.41. The van der Waals surface area contributed by atoms with Gasteiger partial charge >= 0.3 is 0 Å². The summed E-state index contributed by atoms with van der Waals surface area (Å²) in [6, 6.07) is 6.09. The van der Waals surface area contributed by atoms with Gasteiger partial charge in [0.15, 0.2) is 0 Å². The van der Waals surface area contributed by atoms with Gasteiger partial charge in [0.05, 0.1) is 18.2 Å². The number of carbonyl (C=O) groups is 1. The Labute approximate surface area is 100 Å². The van der Waals surface area contributed by atoms with Crippen LogP contribution in [0.3, 0.4) is 0 Å². The van der Waals surface area contributed by atoms with E-state index in [0.717, 1.165) is 23.4 Å². The number of anilines is 1. The number of ether oxygens (including phenoxy) is 1. The van der Waals surface area contributed by atoms with Crippen LogP contribution in [0.4, 0.5) is 5.69 Å². The molecule has 1 atom stereocenters. The highest BCUT2D eigenvalue weighted by Gasteiger charge is 2.38. The minimum Gasteiger partial charge on any atom is -0.357 e. The molecule has 0 saturated carbocycles. The smallest absolute Gasteiger partial charge is 0.234 e. The van der Waals surface area contributed by atoms with Crippen LogP contribution in [0.25, 0.3) is 0 Å². The lowest BCUT2D eigenvalue weighted by atomic mass is 9.85. The van der Waals surface area contributed by atoms with Crippen molar-refractivity contribution in [3.8, 4) is 0 Å². The van der Waals surface area contributed by atoms with Gasteiger partial charge in [-0.15, -0.1) is 0 Å². The van der Waals surface area contributed by atoms with E-state index < -0.39 is 5.41 Å². The van der Waals surface area contributed by atoms with Crippen molar-refractivity contribution in [2.45, 2.75) is 25.4 Å². The molecule has 0 bridgehead atoms. The Morgan fingerprint density at radius 2 is 2.24 bits per heavy atom. The van der Waals surface area contributed by atoms with Gasteiger partial charge in [0, 0.05) is 12.2 Å². The third-order valence-corrected chi connectivity index (χ3v) is 3.62. The normalized spacial score (nSPS) is 25.8. The van der Waals surface area contributed by atoms with E-state index in [4.69, 9.17) is 4.74 Å². The van der Waals surface area contributed by atoms with E-state index in [1.807, 2.05) is 26.0 Å². The van der Waals surface area contributed by atoms with Gasteiger partial charge in [0.2, 0.25) is 5.91 Å². The summed E-state index contributed by atoms with van der Waals surface area (Å²) in [7, 11) is 0. The van der Waals surface area contributed by atoms with Crippen LogP contribution in [0, 0.1) is 0 Å². The second-order valence-corrected chi connectivity index (χ2v) is 5.14. The lowest BCUT2D eigenvalue weighted by molar-refractivity contribution is -0.119. The molecule has 1 amide bonds. The second-order valence-electron chi connectivity index (χ2n) is 5.14. The summed E-state index contributed by atoms with van der Waals surface area (Å²) in [6.07, 6.45) is 0.104. The van der Waals surface area contributed by atoms with Gasteiger partial charge in [0.1, 0.15) is 0 Å². The van der Waals surface area contributed by atoms with E-state index in [-0.39, 0.29) is 12.0 Å². The molecule has 1 aromatic rings. The van der Waals surface area contributed by atoms with Gasteiger partial charge in [-0.2, -0.15) is 0 Å². The van der Waals surface area contributed by atoms with E-state index in [9.17, 15) is 4.79 Å². The number of hydrogen-bond acceptors (Lipinski definition) is 3. The molecule has 1 aromatic carbocycles. The number of carbonyl (C=O) groups excluding carboxylic acids is 1. The van der Waals surface area contributed by atoms with Crippen LogP contribution >= 0.6 is 0 Å². The van der Waals surface area contributed by atoms with Crippen LogP contribution in [0.2, 0.25) is 0 Å². The zero-order valence-corrected chi connectivity index (χ0v) is 10.0. The molecule has 17 heavy (non-hydrogen) atoms. The second kappa shape index (κ2) is 3.55. The number of hydrogen-bond donors (Lipinski definition) is 2. The van der Waals surface area contributed by atoms with Gasteiger partial charge in [-0.05, 0) is 31.0 Å². The first-order valence-electron chi connectivity index (χ1n) is 5.87. The molecule has 4 heteroatoms. The summed E-state index contributed by atoms with van der Waals surface area (Å²) in [5.74, 6) is 0.0649. The summed E-state index contributed by atoms with van der Waals surface area (Å²) in [6.45, 7) is 5.33. The first kappa shape index (κ1) is 10.7. The summed E-state index contributed by atoms with van der Waals surface area (Å²) < 4.78 is 5.58. The van der Waals surface area contributed by atoms with Crippen LogP contribution in [-0.4, -0.2) is 19.2 Å². The highest BCUT2D eigenvalue weighted by atomic mass is 16.5. The lowest BCUT2D eigenvalue weighted by Gasteiger charge is -2.17. The number of fused-ring (bicyclic) bond motifs is 1. The van der Waals surface area contributed by atoms with Crippen LogP contribution in [0.15, 0.2) is 18.2 Å². The standard InChI is InChI=1S/C13H16N2O2/c1-13(2)9-5-8(11-6-14-7-17-11)3-4-10(9)15-12(13)16/h3-5,11,14H,6-7H2,1-2H3,(H,15,16). The van der Waals surface area contributed by atoms with Crippen molar-refractivity contribution in [2.24, 2.45) is 0 Å². The fourth-order valence-electron chi connectivity index (χ4n) is 2.41. The molecule has 2 aliphatic heterocycles. The fraction of sp³-hybridized carbons (Fsp3) is 0.462. The number of amides is 1. The van der Waals surface area contributed by atoms with E-state index in [1.54, 1.807) is 0 Å². The van der Waals surface area contributed by atoms with Gasteiger partial charge in [-0.3, -0.25) is 10.1 Å². The highest BCUT2D eigenvalue weighted by molar-refractivity contribution is 6.05. The molecule has 0 aromatic heterocycles. The molecule has 2 aliphatic rings. The zero-order chi connectivity index (χ0) is 12.0. The van der Waals surface area contributed by atoms with Crippen LogP contribution in [0.5, 0.6) is 0 Å². The van der Waals surface area contributed by atoms with Gasteiger partial charge in [-0.25, -0.2) is 0 Å². The van der Waals surface area contributed by atoms with Crippen LogP contribution < -0.4 is 10.6 Å². The molecule has 90 valence electrons. The molecule has 3 rings (SSSR count). The zero-order valence-electron chi connectivity index (χ0n) is 10.0. The number of nitrogens with one attached hydrogen (secondary N) is 2. The van der Waals surface area contributed by atoms with Crippen molar-refractivity contribution >= 4 is 11.6 Å². The molecule has 1 fully saturated rings. The third kappa shape index (κ3) is 1.56. The SMILES string of the molecule is CC1(C)C(=O)Nc2ccc(C3CNCO3)cc21. The van der Waals surface area contributed by atoms with Crippen LogP contribution in [-0.2, 0) is 14.9 Å². The van der Waals surface area contributed by atoms with Crippen LogP contribution in [0.1, 0.15) is 31.1 Å². The lowest BCUT2D eigenvalue weighted by Crippen LogP contribution is -2.27. The molecule has 0 radical (unpaired) electrons. The Morgan fingerprint density at radius 1 is 1.41 bits per heavy atom. The van der Waals surface area contributed by atoms with E-state index in [0.29, 0.717) is 6.73 Å². The summed E-state index contributed by atoms with van der Waals surface area (Å²) >= 11 is 0. The summed E-state index contributed by atoms with van der Waals surface area (Å²) in [5, 5.41) is 6.07. The highest BCUT2D eigenvalue weighted by Crippen LogP contribution is 2.39. The van der Waals surface area contributed by atoms with E-state index >= 15 is 0 Å². The average Bonchev–Trinajstić information content (AvgIpc) is 2.88. The minimum atomic E-state index is -0.447. The molecule has 4 nitrogen and oxygen atoms in total. The van der Waals surface area contributed by atoms with Crippen molar-refractivity contribution in [2.75, 3.05) is 18.6 Å². The molecular formula is C13H16N2O2. The Morgan fingerprint density at radius 3 is 2.94 bits per heavy atom. The van der Waals surface area contributed by atoms with Crippen molar-refractivity contribution < 1.29 is 9.53 Å². The maximum Gasteiger partial charge on any atom is 0.234 e. The Hall–Kier alpha value is -1.39. The molecule has 0 spiro atoms. The Balaban J connectivity index is 2.02. The van der Waals surface area contributed by atoms with Gasteiger partial charge < -0.3 is 10.1 Å². The van der Waals surface area contributed by atoms with Crippen molar-refractivity contribution in [3.63, 3.8) is 0 Å². The maximum absolute atomic E-state index is 11.8. The monoisotopic (exact) mass is 232 g/mol. The van der Waals surface area contributed by atoms with Crippen molar-refractivity contribution in [1.82, 2.24) is 5.32 Å². The first-order chi connectivity index (χ1) is 8.09. The summed E-state index contributed by atoms with van der Waals surface area (Å²) in [5.41, 5.74) is 2.68. The van der Waals surface area contributed by atoms with Gasteiger partial charge in [-0.1, -0.05) is 12.1 Å². The predicted octanol–water partition coefficient (Wildman–Crippen LogP) is 1.53. The third-order valence-electron chi connectivity index (χ3n) is 3.62. The summed E-state index contributed by atoms with van der Waals surface area (Å²) in [4.78, 5) is 11.8. The van der Waals surface area contributed by atoms with E-state index in [2.05, 4.69) is 16.7 Å². The number of benzene rings is 1. The largest absolute Gasteiger partial charge is 0.357 e. The van der Waals surface area contributed by atoms with Gasteiger partial charge in [0.25, 0.3) is 0 Å². The van der Waals surface area contributed by atoms with Crippen molar-refractivity contribution in [3.05, 3.63) is 29.3 Å². The first-order valence-corrected chi connectivity index (χ1v) is 5.87. The molecule has 2 heterocycles. The predicted molar refractivity (Wildman–Crippen MR) is 64.8 cm³/mol. The molecular weight excluding hydrogens is 216 g/mol. The maximum atomic E-state index is 11.8. The minimum absolute atomic E-state index is 0.0649. The Kier molecular flexibility index (Phi) is 2.24. The average molecular weight is 232 g/mol. The Bertz CT molecular complexity index is 476.